The van der Waals surface area contributed by atoms with Crippen LogP contribution in [0.4, 0.5) is 0 Å². The summed E-state index contributed by atoms with van der Waals surface area (Å²) in [6, 6.07) is 19.1. The van der Waals surface area contributed by atoms with Crippen molar-refractivity contribution in [2.45, 2.75) is 0 Å². The molecule has 148 valence electrons. The van der Waals surface area contributed by atoms with Crippen LogP contribution in [0.1, 0.15) is 11.1 Å². The summed E-state index contributed by atoms with van der Waals surface area (Å²) in [5.41, 5.74) is 1.96. The van der Waals surface area contributed by atoms with Crippen molar-refractivity contribution in [1.29, 1.82) is 0 Å². The highest BCUT2D eigenvalue weighted by atomic mass is 16.3. The van der Waals surface area contributed by atoms with Gasteiger partial charge in [-0.25, -0.2) is 0 Å². The summed E-state index contributed by atoms with van der Waals surface area (Å²) < 4.78 is 0. The second-order valence-corrected chi connectivity index (χ2v) is 5.52. The number of rotatable bonds is 8. The minimum Gasteiger partial charge on any atom is -0.395 e. The van der Waals surface area contributed by atoms with Gasteiger partial charge in [0.1, 0.15) is 0 Å². The van der Waals surface area contributed by atoms with Crippen molar-refractivity contribution in [2.24, 2.45) is 0 Å². The third kappa shape index (κ3) is 11.4. The van der Waals surface area contributed by atoms with Crippen LogP contribution in [0.25, 0.3) is 12.2 Å². The highest BCUT2D eigenvalue weighted by Crippen LogP contribution is 2.00. The lowest BCUT2D eigenvalue weighted by Gasteiger charge is -1.96. The van der Waals surface area contributed by atoms with Crippen LogP contribution in [0.15, 0.2) is 72.8 Å². The van der Waals surface area contributed by atoms with Crippen LogP contribution in [0.5, 0.6) is 0 Å². The van der Waals surface area contributed by atoms with Crippen molar-refractivity contribution in [3.8, 4) is 0 Å². The van der Waals surface area contributed by atoms with Gasteiger partial charge in [0.05, 0.1) is 13.2 Å². The van der Waals surface area contributed by atoms with Crippen LogP contribution >= 0.6 is 0 Å². The highest BCUT2D eigenvalue weighted by Gasteiger charge is 1.93. The zero-order chi connectivity index (χ0) is 20.5. The molecular weight excluding hydrogens is 356 g/mol. The molecule has 0 heterocycles. The van der Waals surface area contributed by atoms with E-state index in [1.807, 2.05) is 60.7 Å². The summed E-state index contributed by atoms with van der Waals surface area (Å²) in [7, 11) is 0. The number of carbonyl (C=O) groups is 2. The Bertz CT molecular complexity index is 678. The van der Waals surface area contributed by atoms with Crippen LogP contribution in [0, 0.1) is 0 Å². The van der Waals surface area contributed by atoms with Gasteiger partial charge in [0.25, 0.3) is 0 Å². The number of carbonyl (C=O) groups excluding carboxylic acids is 2. The van der Waals surface area contributed by atoms with Gasteiger partial charge in [-0.15, -0.1) is 0 Å². The number of hydrogen-bond donors (Lipinski definition) is 4. The molecule has 0 aliphatic heterocycles. The van der Waals surface area contributed by atoms with E-state index in [9.17, 15) is 9.59 Å². The van der Waals surface area contributed by atoms with Crippen molar-refractivity contribution < 1.29 is 19.8 Å². The molecule has 0 spiro atoms. The van der Waals surface area contributed by atoms with Crippen LogP contribution in [0.2, 0.25) is 0 Å². The Kier molecular flexibility index (Phi) is 12.1. The van der Waals surface area contributed by atoms with Gasteiger partial charge in [-0.2, -0.15) is 0 Å². The minimum atomic E-state index is -0.192. The molecule has 6 heteroatoms. The Hall–Kier alpha value is -3.22. The smallest absolute Gasteiger partial charge is 0.244 e. The zero-order valence-electron chi connectivity index (χ0n) is 15.6. The van der Waals surface area contributed by atoms with E-state index >= 15 is 0 Å². The lowest BCUT2D eigenvalue weighted by molar-refractivity contribution is -0.117. The molecule has 0 aliphatic rings. The van der Waals surface area contributed by atoms with Gasteiger partial charge in [-0.05, 0) is 23.3 Å². The summed E-state index contributed by atoms with van der Waals surface area (Å²) in [4.78, 5) is 22.1. The largest absolute Gasteiger partial charge is 0.395 e. The highest BCUT2D eigenvalue weighted by molar-refractivity contribution is 5.92. The van der Waals surface area contributed by atoms with Gasteiger partial charge in [0, 0.05) is 25.2 Å². The lowest BCUT2D eigenvalue weighted by Crippen LogP contribution is -2.24. The van der Waals surface area contributed by atoms with E-state index in [0.29, 0.717) is 0 Å². The van der Waals surface area contributed by atoms with Crippen molar-refractivity contribution in [1.82, 2.24) is 10.6 Å². The summed E-state index contributed by atoms with van der Waals surface area (Å²) >= 11 is 0. The number of amides is 2. The molecule has 0 saturated heterocycles. The fourth-order valence-electron chi connectivity index (χ4n) is 1.95. The third-order valence-electron chi connectivity index (χ3n) is 3.28. The Morgan fingerprint density at radius 3 is 1.36 bits per heavy atom. The SMILES string of the molecule is O=C(/C=C/c1ccccc1)NCCO.O=C(/C=C/c1ccccc1)NCCO. The van der Waals surface area contributed by atoms with Gasteiger partial charge in [-0.3, -0.25) is 9.59 Å². The molecule has 0 aliphatic carbocycles. The molecular formula is C22H26N2O4. The predicted molar refractivity (Wildman–Crippen MR) is 111 cm³/mol. The third-order valence-corrected chi connectivity index (χ3v) is 3.28. The molecule has 2 aromatic rings. The summed E-state index contributed by atoms with van der Waals surface area (Å²) in [5.74, 6) is -0.384. The minimum absolute atomic E-state index is 0.0368. The lowest BCUT2D eigenvalue weighted by atomic mass is 10.2. The first kappa shape index (κ1) is 22.8. The van der Waals surface area contributed by atoms with Crippen molar-refractivity contribution in [2.75, 3.05) is 26.3 Å². The fourth-order valence-corrected chi connectivity index (χ4v) is 1.95. The van der Waals surface area contributed by atoms with Crippen LogP contribution in [-0.4, -0.2) is 48.3 Å². The molecule has 0 saturated carbocycles. The normalized spacial score (nSPS) is 10.4. The van der Waals surface area contributed by atoms with E-state index in [1.165, 1.54) is 12.2 Å². The van der Waals surface area contributed by atoms with E-state index < -0.39 is 0 Å². The van der Waals surface area contributed by atoms with Crippen molar-refractivity contribution in [3.63, 3.8) is 0 Å². The van der Waals surface area contributed by atoms with Gasteiger partial charge in [0.2, 0.25) is 11.8 Å². The maximum atomic E-state index is 11.1. The summed E-state index contributed by atoms with van der Waals surface area (Å²) in [6.45, 7) is 0.506. The average molecular weight is 382 g/mol. The Morgan fingerprint density at radius 2 is 1.04 bits per heavy atom. The molecule has 0 atom stereocenters. The quantitative estimate of drug-likeness (QED) is 0.522. The van der Waals surface area contributed by atoms with Crippen molar-refractivity contribution >= 4 is 24.0 Å². The van der Waals surface area contributed by atoms with Crippen molar-refractivity contribution in [3.05, 3.63) is 83.9 Å². The molecule has 6 nitrogen and oxygen atoms in total. The number of hydrogen-bond acceptors (Lipinski definition) is 4. The summed E-state index contributed by atoms with van der Waals surface area (Å²) in [5, 5.41) is 22.0. The second-order valence-electron chi connectivity index (χ2n) is 5.52. The summed E-state index contributed by atoms with van der Waals surface area (Å²) in [6.07, 6.45) is 6.36. The average Bonchev–Trinajstić information content (AvgIpc) is 2.75. The monoisotopic (exact) mass is 382 g/mol. The van der Waals surface area contributed by atoms with Crippen LogP contribution < -0.4 is 10.6 Å². The van der Waals surface area contributed by atoms with E-state index in [0.717, 1.165) is 11.1 Å². The first-order valence-corrected chi connectivity index (χ1v) is 8.89. The van der Waals surface area contributed by atoms with Crippen LogP contribution in [0.3, 0.4) is 0 Å². The van der Waals surface area contributed by atoms with E-state index in [2.05, 4.69) is 10.6 Å². The molecule has 0 fully saturated rings. The molecule has 4 N–H and O–H groups in total. The molecule has 2 amide bonds. The number of aliphatic hydroxyl groups is 2. The Morgan fingerprint density at radius 1 is 0.679 bits per heavy atom. The number of nitrogens with one attached hydrogen (secondary N) is 2. The van der Waals surface area contributed by atoms with E-state index in [1.54, 1.807) is 12.2 Å². The Balaban J connectivity index is 0.000000280. The molecule has 0 aromatic heterocycles. The maximum Gasteiger partial charge on any atom is 0.244 e. The standard InChI is InChI=1S/2C11H13NO2/c2*13-9-8-12-11(14)7-6-10-4-2-1-3-5-10/h2*1-7,13H,8-9H2,(H,12,14)/b2*7-6+. The van der Waals surface area contributed by atoms with Gasteiger partial charge in [-0.1, -0.05) is 60.7 Å². The molecule has 28 heavy (non-hydrogen) atoms. The fraction of sp³-hybridized carbons (Fsp3) is 0.182. The van der Waals surface area contributed by atoms with Gasteiger partial charge < -0.3 is 20.8 Å². The maximum absolute atomic E-state index is 11.1. The van der Waals surface area contributed by atoms with E-state index in [4.69, 9.17) is 10.2 Å². The molecule has 0 radical (unpaired) electrons. The first-order valence-electron chi connectivity index (χ1n) is 8.89. The molecule has 2 aromatic carbocycles. The zero-order valence-corrected chi connectivity index (χ0v) is 15.6. The molecule has 0 bridgehead atoms. The second kappa shape index (κ2) is 14.9. The molecule has 0 unspecified atom stereocenters. The number of benzene rings is 2. The van der Waals surface area contributed by atoms with Gasteiger partial charge >= 0.3 is 0 Å². The van der Waals surface area contributed by atoms with E-state index in [-0.39, 0.29) is 38.1 Å². The number of aliphatic hydroxyl groups excluding tert-OH is 2. The van der Waals surface area contributed by atoms with Crippen LogP contribution in [-0.2, 0) is 9.59 Å². The predicted octanol–water partition coefficient (Wildman–Crippen LogP) is 1.62. The van der Waals surface area contributed by atoms with Gasteiger partial charge in [0.15, 0.2) is 0 Å². The molecule has 2 rings (SSSR count). The topological polar surface area (TPSA) is 98.7 Å². The first-order chi connectivity index (χ1) is 13.7. The Labute approximate surface area is 165 Å².